The first-order valence-electron chi connectivity index (χ1n) is 9.66. The van der Waals surface area contributed by atoms with Crippen LogP contribution in [0.15, 0.2) is 17.4 Å². The van der Waals surface area contributed by atoms with Crippen molar-refractivity contribution in [2.45, 2.75) is 51.7 Å². The van der Waals surface area contributed by atoms with Gasteiger partial charge in [0.1, 0.15) is 0 Å². The molecule has 0 bridgehead atoms. The topological polar surface area (TPSA) is 54.7 Å². The molecule has 3 heterocycles. The molecule has 6 nitrogen and oxygen atoms in total. The lowest BCUT2D eigenvalue weighted by Gasteiger charge is -2.55. The molecule has 2 saturated heterocycles. The Morgan fingerprint density at radius 3 is 2.92 bits per heavy atom. The molecular formula is C19H32IN5O. The number of ether oxygens (including phenoxy) is 1. The minimum absolute atomic E-state index is 0. The van der Waals surface area contributed by atoms with Gasteiger partial charge in [0.25, 0.3) is 0 Å². The van der Waals surface area contributed by atoms with Crippen LogP contribution in [0.5, 0.6) is 0 Å². The van der Waals surface area contributed by atoms with Crippen molar-refractivity contribution < 1.29 is 4.74 Å². The first-order valence-corrected chi connectivity index (χ1v) is 9.66. The van der Waals surface area contributed by atoms with E-state index in [1.54, 1.807) is 0 Å². The summed E-state index contributed by atoms with van der Waals surface area (Å²) in [5.41, 5.74) is 1.52. The third kappa shape index (κ3) is 3.37. The van der Waals surface area contributed by atoms with Crippen LogP contribution in [0.4, 0.5) is 0 Å². The van der Waals surface area contributed by atoms with Gasteiger partial charge in [-0.1, -0.05) is 13.8 Å². The van der Waals surface area contributed by atoms with Crippen LogP contribution in [0.3, 0.4) is 0 Å². The van der Waals surface area contributed by atoms with Gasteiger partial charge < -0.3 is 15.0 Å². The summed E-state index contributed by atoms with van der Waals surface area (Å²) < 4.78 is 7.84. The van der Waals surface area contributed by atoms with Gasteiger partial charge in [-0.2, -0.15) is 5.10 Å². The van der Waals surface area contributed by atoms with Crippen molar-refractivity contribution in [3.63, 3.8) is 0 Å². The average molecular weight is 473 g/mol. The number of nitrogens with zero attached hydrogens (tertiary/aromatic N) is 4. The second kappa shape index (κ2) is 7.66. The Kier molecular flexibility index (Phi) is 5.86. The third-order valence-electron chi connectivity index (χ3n) is 6.38. The van der Waals surface area contributed by atoms with E-state index in [0.717, 1.165) is 32.2 Å². The van der Waals surface area contributed by atoms with Crippen LogP contribution in [-0.4, -0.2) is 59.0 Å². The Balaban J connectivity index is 0.00000196. The Morgan fingerprint density at radius 2 is 2.23 bits per heavy atom. The summed E-state index contributed by atoms with van der Waals surface area (Å²) in [6.45, 7) is 10.6. The molecule has 1 aromatic heterocycles. The monoisotopic (exact) mass is 473 g/mol. The van der Waals surface area contributed by atoms with Crippen molar-refractivity contribution in [1.82, 2.24) is 20.0 Å². The fourth-order valence-corrected chi connectivity index (χ4v) is 5.02. The quantitative estimate of drug-likeness (QED) is 0.417. The van der Waals surface area contributed by atoms with Crippen molar-refractivity contribution in [2.24, 2.45) is 23.4 Å². The zero-order valence-electron chi connectivity index (χ0n) is 16.3. The molecule has 4 rings (SSSR count). The number of likely N-dealkylation sites (tertiary alicyclic amines) is 1. The number of halogens is 1. The van der Waals surface area contributed by atoms with Gasteiger partial charge in [-0.25, -0.2) is 0 Å². The van der Waals surface area contributed by atoms with Crippen molar-refractivity contribution in [2.75, 3.05) is 26.2 Å². The molecule has 0 spiro atoms. The second-order valence-electron chi connectivity index (χ2n) is 8.36. The summed E-state index contributed by atoms with van der Waals surface area (Å²) in [5, 5.41) is 8.14. The van der Waals surface area contributed by atoms with E-state index in [1.165, 1.54) is 18.4 Å². The number of nitrogens with one attached hydrogen (secondary N) is 1. The van der Waals surface area contributed by atoms with E-state index in [-0.39, 0.29) is 29.4 Å². The van der Waals surface area contributed by atoms with E-state index in [2.05, 4.69) is 42.3 Å². The van der Waals surface area contributed by atoms with Gasteiger partial charge in [-0.15, -0.1) is 24.0 Å². The molecule has 3 aliphatic rings. The van der Waals surface area contributed by atoms with E-state index in [9.17, 15) is 0 Å². The zero-order chi connectivity index (χ0) is 17.6. The number of hydrogen-bond donors (Lipinski definition) is 1. The maximum Gasteiger partial charge on any atom is 0.194 e. The third-order valence-corrected chi connectivity index (χ3v) is 6.38. The number of hydrogen-bond acceptors (Lipinski definition) is 3. The number of aliphatic imine (C=N–C) groups is 1. The largest absolute Gasteiger partial charge is 0.377 e. The molecule has 26 heavy (non-hydrogen) atoms. The Labute approximate surface area is 173 Å². The highest BCUT2D eigenvalue weighted by atomic mass is 127. The second-order valence-corrected chi connectivity index (χ2v) is 8.36. The van der Waals surface area contributed by atoms with Crippen LogP contribution in [-0.2, 0) is 11.8 Å². The lowest BCUT2D eigenvalue weighted by molar-refractivity contribution is -0.107. The van der Waals surface area contributed by atoms with Gasteiger partial charge in [-0.3, -0.25) is 9.67 Å². The predicted octanol–water partition coefficient (Wildman–Crippen LogP) is 2.61. The van der Waals surface area contributed by atoms with E-state index in [0.29, 0.717) is 24.0 Å². The molecule has 2 aliphatic heterocycles. The summed E-state index contributed by atoms with van der Waals surface area (Å²) in [6.07, 6.45) is 6.90. The molecule has 7 heteroatoms. The lowest BCUT2D eigenvalue weighted by Crippen LogP contribution is -2.68. The van der Waals surface area contributed by atoms with Gasteiger partial charge in [0.05, 0.1) is 12.3 Å². The highest BCUT2D eigenvalue weighted by Crippen LogP contribution is 2.52. The summed E-state index contributed by atoms with van der Waals surface area (Å²) in [4.78, 5) is 7.24. The molecule has 4 atom stereocenters. The van der Waals surface area contributed by atoms with E-state index >= 15 is 0 Å². The number of guanidine groups is 1. The average Bonchev–Trinajstić information content (AvgIpc) is 3.30. The maximum atomic E-state index is 5.94. The smallest absolute Gasteiger partial charge is 0.194 e. The van der Waals surface area contributed by atoms with Crippen molar-refractivity contribution >= 4 is 29.9 Å². The van der Waals surface area contributed by atoms with Gasteiger partial charge in [-0.05, 0) is 25.3 Å². The minimum Gasteiger partial charge on any atom is -0.377 e. The first-order chi connectivity index (χ1) is 12.0. The van der Waals surface area contributed by atoms with E-state index in [4.69, 9.17) is 9.73 Å². The normalized spacial score (nSPS) is 32.8. The molecule has 1 N–H and O–H groups in total. The molecule has 1 aliphatic carbocycles. The molecule has 146 valence electrons. The summed E-state index contributed by atoms with van der Waals surface area (Å²) in [6, 6.07) is 0.461. The zero-order valence-corrected chi connectivity index (χ0v) is 18.6. The Hall–Kier alpha value is -0.830. The number of aryl methyl sites for hydroxylation is 1. The maximum absolute atomic E-state index is 5.94. The van der Waals surface area contributed by atoms with Crippen LogP contribution in [0.2, 0.25) is 0 Å². The summed E-state index contributed by atoms with van der Waals surface area (Å²) >= 11 is 0. The number of aromatic nitrogens is 2. The molecule has 0 radical (unpaired) electrons. The molecule has 1 saturated carbocycles. The fourth-order valence-electron chi connectivity index (χ4n) is 5.02. The molecule has 0 aromatic carbocycles. The summed E-state index contributed by atoms with van der Waals surface area (Å²) in [5.74, 6) is 2.26. The van der Waals surface area contributed by atoms with Crippen LogP contribution >= 0.6 is 24.0 Å². The molecular weight excluding hydrogens is 441 g/mol. The molecule has 3 fully saturated rings. The van der Waals surface area contributed by atoms with E-state index < -0.39 is 0 Å². The van der Waals surface area contributed by atoms with Crippen LogP contribution in [0, 0.1) is 11.3 Å². The van der Waals surface area contributed by atoms with Gasteiger partial charge >= 0.3 is 0 Å². The van der Waals surface area contributed by atoms with E-state index in [1.807, 2.05) is 17.9 Å². The highest BCUT2D eigenvalue weighted by Gasteiger charge is 2.59. The highest BCUT2D eigenvalue weighted by molar-refractivity contribution is 14.0. The number of rotatable bonds is 3. The fraction of sp³-hybridized carbons (Fsp3) is 0.789. The van der Waals surface area contributed by atoms with Gasteiger partial charge in [0.15, 0.2) is 5.96 Å². The minimum atomic E-state index is 0. The predicted molar refractivity (Wildman–Crippen MR) is 114 cm³/mol. The van der Waals surface area contributed by atoms with Crippen molar-refractivity contribution in [1.29, 1.82) is 0 Å². The summed E-state index contributed by atoms with van der Waals surface area (Å²) in [7, 11) is 1.99. The Morgan fingerprint density at radius 1 is 1.42 bits per heavy atom. The first kappa shape index (κ1) is 19.9. The van der Waals surface area contributed by atoms with Crippen molar-refractivity contribution in [3.8, 4) is 0 Å². The van der Waals surface area contributed by atoms with Crippen LogP contribution in [0.1, 0.15) is 45.1 Å². The van der Waals surface area contributed by atoms with Crippen molar-refractivity contribution in [3.05, 3.63) is 18.0 Å². The molecule has 4 unspecified atom stereocenters. The lowest BCUT2D eigenvalue weighted by atomic mass is 9.57. The van der Waals surface area contributed by atoms with Gasteiger partial charge in [0, 0.05) is 62.8 Å². The standard InChI is InChI=1S/C19H31N5O.HI/c1-5-20-18(22-16-15-7-9-25-17(15)19(16,2)3)24-8-6-13(12-24)14-10-21-23(4)11-14;/h10-11,13,15-17H,5-9,12H2,1-4H3,(H,20,22);1H. The molecule has 1 aromatic rings. The SMILES string of the molecule is CCN=C(NC1C2CCOC2C1(C)C)N1CCC(c2cnn(C)c2)C1.I. The van der Waals surface area contributed by atoms with Crippen LogP contribution < -0.4 is 5.32 Å². The van der Waals surface area contributed by atoms with Crippen LogP contribution in [0.25, 0.3) is 0 Å². The number of fused-ring (bicyclic) bond motifs is 1. The Bertz CT molecular complexity index is 658. The van der Waals surface area contributed by atoms with Gasteiger partial charge in [0.2, 0.25) is 0 Å². The molecule has 0 amide bonds.